The van der Waals surface area contributed by atoms with Crippen LogP contribution in [-0.2, 0) is 0 Å². The van der Waals surface area contributed by atoms with Gasteiger partial charge in [-0.15, -0.1) is 0 Å². The summed E-state index contributed by atoms with van der Waals surface area (Å²) < 4.78 is 10.3. The maximum Gasteiger partial charge on any atom is 0.257 e. The number of halogens is 2. The first-order valence-electron chi connectivity index (χ1n) is 6.73. The molecular weight excluding hydrogens is 371 g/mol. The van der Waals surface area contributed by atoms with Crippen molar-refractivity contribution >= 4 is 52.1 Å². The Morgan fingerprint density at radius 3 is 2.21 bits per heavy atom. The van der Waals surface area contributed by atoms with Gasteiger partial charge in [0.25, 0.3) is 5.91 Å². The van der Waals surface area contributed by atoms with Gasteiger partial charge in [-0.3, -0.25) is 10.1 Å². The summed E-state index contributed by atoms with van der Waals surface area (Å²) in [7, 11) is 3.02. The van der Waals surface area contributed by atoms with Gasteiger partial charge < -0.3 is 14.8 Å². The number of benzene rings is 2. The second-order valence-electron chi connectivity index (χ2n) is 4.64. The van der Waals surface area contributed by atoms with E-state index in [0.717, 1.165) is 0 Å². The molecule has 126 valence electrons. The Hall–Kier alpha value is -2.02. The van der Waals surface area contributed by atoms with Crippen molar-refractivity contribution < 1.29 is 14.3 Å². The summed E-state index contributed by atoms with van der Waals surface area (Å²) in [5.41, 5.74) is 0.950. The molecule has 0 saturated heterocycles. The number of nitrogens with one attached hydrogen (secondary N) is 2. The van der Waals surface area contributed by atoms with E-state index in [1.807, 2.05) is 0 Å². The summed E-state index contributed by atoms with van der Waals surface area (Å²) in [5.74, 6) is 0.593. The molecule has 2 aromatic rings. The molecule has 0 heterocycles. The molecule has 0 fully saturated rings. The van der Waals surface area contributed by atoms with Gasteiger partial charge in [-0.25, -0.2) is 0 Å². The lowest BCUT2D eigenvalue weighted by molar-refractivity contribution is 0.0977. The first-order chi connectivity index (χ1) is 11.4. The predicted molar refractivity (Wildman–Crippen MR) is 99.7 cm³/mol. The molecule has 0 aromatic heterocycles. The van der Waals surface area contributed by atoms with E-state index in [2.05, 4.69) is 10.6 Å². The lowest BCUT2D eigenvalue weighted by Gasteiger charge is -2.12. The summed E-state index contributed by atoms with van der Waals surface area (Å²) in [6, 6.07) is 9.69. The Morgan fingerprint density at radius 2 is 1.62 bits per heavy atom. The number of amides is 1. The molecule has 1 amide bonds. The van der Waals surface area contributed by atoms with Crippen LogP contribution in [0.25, 0.3) is 0 Å². The molecule has 24 heavy (non-hydrogen) atoms. The topological polar surface area (TPSA) is 59.6 Å². The maximum absolute atomic E-state index is 12.3. The van der Waals surface area contributed by atoms with Gasteiger partial charge in [0.15, 0.2) is 16.6 Å². The molecule has 0 aliphatic rings. The molecule has 5 nitrogen and oxygen atoms in total. The fourth-order valence-electron chi connectivity index (χ4n) is 1.94. The van der Waals surface area contributed by atoms with Crippen molar-refractivity contribution in [3.05, 3.63) is 52.0 Å². The van der Waals surface area contributed by atoms with Crippen LogP contribution < -0.4 is 20.1 Å². The summed E-state index contributed by atoms with van der Waals surface area (Å²) in [6.07, 6.45) is 0. The van der Waals surface area contributed by atoms with Gasteiger partial charge in [-0.05, 0) is 48.6 Å². The summed E-state index contributed by atoms with van der Waals surface area (Å²) >= 11 is 17.0. The second kappa shape index (κ2) is 8.19. The van der Waals surface area contributed by atoms with Gasteiger partial charge in [0.1, 0.15) is 0 Å². The van der Waals surface area contributed by atoms with Crippen LogP contribution >= 0.6 is 35.4 Å². The molecule has 0 aliphatic carbocycles. The van der Waals surface area contributed by atoms with Gasteiger partial charge in [-0.2, -0.15) is 0 Å². The van der Waals surface area contributed by atoms with Crippen molar-refractivity contribution in [2.75, 3.05) is 19.5 Å². The largest absolute Gasteiger partial charge is 0.493 e. The van der Waals surface area contributed by atoms with E-state index >= 15 is 0 Å². The summed E-state index contributed by atoms with van der Waals surface area (Å²) in [6.45, 7) is 0. The summed E-state index contributed by atoms with van der Waals surface area (Å²) in [5, 5.41) is 6.45. The first kappa shape index (κ1) is 18.3. The van der Waals surface area contributed by atoms with Crippen LogP contribution in [0.5, 0.6) is 11.5 Å². The van der Waals surface area contributed by atoms with Crippen LogP contribution in [0.1, 0.15) is 10.4 Å². The normalized spacial score (nSPS) is 10.0. The Labute approximate surface area is 154 Å². The van der Waals surface area contributed by atoms with Crippen LogP contribution in [-0.4, -0.2) is 25.2 Å². The zero-order valence-electron chi connectivity index (χ0n) is 12.9. The van der Waals surface area contributed by atoms with Crippen molar-refractivity contribution in [3.8, 4) is 11.5 Å². The average Bonchev–Trinajstić information content (AvgIpc) is 2.52. The van der Waals surface area contributed by atoms with E-state index in [1.165, 1.54) is 14.2 Å². The van der Waals surface area contributed by atoms with Crippen LogP contribution in [0.2, 0.25) is 10.0 Å². The molecule has 0 radical (unpaired) electrons. The monoisotopic (exact) mass is 384 g/mol. The minimum Gasteiger partial charge on any atom is -0.493 e. The molecule has 2 rings (SSSR count). The van der Waals surface area contributed by atoms with E-state index in [9.17, 15) is 4.79 Å². The molecule has 0 atom stereocenters. The number of hydrogen-bond donors (Lipinski definition) is 2. The highest BCUT2D eigenvalue weighted by atomic mass is 35.5. The first-order valence-corrected chi connectivity index (χ1v) is 7.90. The Kier molecular flexibility index (Phi) is 6.25. The van der Waals surface area contributed by atoms with Crippen molar-refractivity contribution in [1.82, 2.24) is 5.32 Å². The lowest BCUT2D eigenvalue weighted by Crippen LogP contribution is -2.34. The third kappa shape index (κ3) is 4.74. The zero-order valence-corrected chi connectivity index (χ0v) is 15.2. The van der Waals surface area contributed by atoms with Gasteiger partial charge in [-0.1, -0.05) is 23.2 Å². The molecule has 0 spiro atoms. The SMILES string of the molecule is COc1ccc(C(=O)NC(=S)Nc2cc(Cl)cc(Cl)c2)cc1OC. The number of rotatable bonds is 4. The van der Waals surface area contributed by atoms with Crippen molar-refractivity contribution in [3.63, 3.8) is 0 Å². The maximum atomic E-state index is 12.3. The van der Waals surface area contributed by atoms with E-state index < -0.39 is 0 Å². The Morgan fingerprint density at radius 1 is 1.00 bits per heavy atom. The standard InChI is InChI=1S/C16H14Cl2N2O3S/c1-22-13-4-3-9(5-14(13)23-2)15(21)20-16(24)19-12-7-10(17)6-11(18)8-12/h3-8H,1-2H3,(H2,19,20,21,24). The second-order valence-corrected chi connectivity index (χ2v) is 5.92. The lowest BCUT2D eigenvalue weighted by atomic mass is 10.2. The van der Waals surface area contributed by atoms with E-state index in [4.69, 9.17) is 44.9 Å². The third-order valence-corrected chi connectivity index (χ3v) is 3.63. The quantitative estimate of drug-likeness (QED) is 0.775. The van der Waals surface area contributed by atoms with Gasteiger partial charge in [0, 0.05) is 21.3 Å². The highest BCUT2D eigenvalue weighted by Gasteiger charge is 2.12. The molecule has 0 aliphatic heterocycles. The number of hydrogen-bond acceptors (Lipinski definition) is 4. The minimum atomic E-state index is -0.387. The molecule has 2 N–H and O–H groups in total. The Balaban J connectivity index is 2.07. The van der Waals surface area contributed by atoms with Crippen LogP contribution in [0, 0.1) is 0 Å². The van der Waals surface area contributed by atoms with Crippen molar-refractivity contribution in [2.45, 2.75) is 0 Å². The van der Waals surface area contributed by atoms with E-state index in [1.54, 1.807) is 36.4 Å². The number of anilines is 1. The van der Waals surface area contributed by atoms with Crippen LogP contribution in [0.3, 0.4) is 0 Å². The number of thiocarbonyl (C=S) groups is 1. The fourth-order valence-corrected chi connectivity index (χ4v) is 2.68. The minimum absolute atomic E-state index is 0.119. The molecule has 0 unspecified atom stereocenters. The van der Waals surface area contributed by atoms with Gasteiger partial charge >= 0.3 is 0 Å². The zero-order chi connectivity index (χ0) is 17.7. The molecular formula is C16H14Cl2N2O3S. The molecule has 2 aromatic carbocycles. The summed E-state index contributed by atoms with van der Waals surface area (Å²) in [4.78, 5) is 12.3. The fraction of sp³-hybridized carbons (Fsp3) is 0.125. The van der Waals surface area contributed by atoms with Crippen molar-refractivity contribution in [1.29, 1.82) is 0 Å². The third-order valence-electron chi connectivity index (χ3n) is 2.99. The average molecular weight is 385 g/mol. The number of carbonyl (C=O) groups is 1. The number of ether oxygens (including phenoxy) is 2. The van der Waals surface area contributed by atoms with E-state index in [0.29, 0.717) is 32.8 Å². The predicted octanol–water partition coefficient (Wildman–Crippen LogP) is 4.14. The molecule has 0 saturated carbocycles. The highest BCUT2D eigenvalue weighted by molar-refractivity contribution is 7.80. The number of carbonyl (C=O) groups excluding carboxylic acids is 1. The van der Waals surface area contributed by atoms with E-state index in [-0.39, 0.29) is 11.0 Å². The molecule has 8 heteroatoms. The van der Waals surface area contributed by atoms with Crippen LogP contribution in [0.4, 0.5) is 5.69 Å². The van der Waals surface area contributed by atoms with Gasteiger partial charge in [0.05, 0.1) is 14.2 Å². The smallest absolute Gasteiger partial charge is 0.257 e. The highest BCUT2D eigenvalue weighted by Crippen LogP contribution is 2.27. The Bertz CT molecular complexity index is 764. The van der Waals surface area contributed by atoms with Crippen molar-refractivity contribution in [2.24, 2.45) is 0 Å². The number of methoxy groups -OCH3 is 2. The van der Waals surface area contributed by atoms with Gasteiger partial charge in [0.2, 0.25) is 0 Å². The van der Waals surface area contributed by atoms with Crippen LogP contribution in [0.15, 0.2) is 36.4 Å². The molecule has 0 bridgehead atoms.